The Morgan fingerprint density at radius 1 is 1.20 bits per heavy atom. The second-order valence-electron chi connectivity index (χ2n) is 4.67. The maximum Gasteiger partial charge on any atom is 0.299 e. The van der Waals surface area contributed by atoms with Gasteiger partial charge in [-0.2, -0.15) is 0 Å². The molecule has 1 aliphatic rings. The number of amides is 1. The molecule has 0 spiro atoms. The molecule has 0 unspecified atom stereocenters. The molecule has 1 N–H and O–H groups in total. The highest BCUT2D eigenvalue weighted by atomic mass is 19.1. The molecule has 0 atom stereocenters. The van der Waals surface area contributed by atoms with E-state index in [1.54, 1.807) is 0 Å². The summed E-state index contributed by atoms with van der Waals surface area (Å²) in [5.41, 5.74) is -0.286. The van der Waals surface area contributed by atoms with Gasteiger partial charge in [-0.3, -0.25) is 9.59 Å². The van der Waals surface area contributed by atoms with E-state index in [9.17, 15) is 18.4 Å². The molecule has 0 bridgehead atoms. The summed E-state index contributed by atoms with van der Waals surface area (Å²) >= 11 is 0. The van der Waals surface area contributed by atoms with Crippen molar-refractivity contribution in [1.82, 2.24) is 5.32 Å². The molecule has 2 rings (SSSR count). The first-order valence-electron chi connectivity index (χ1n) is 6.62. The van der Waals surface area contributed by atoms with E-state index in [0.717, 1.165) is 23.9 Å². The molecule has 0 saturated carbocycles. The number of ketones is 1. The SMILES string of the molecule is CCCNCCCN1C(=O)C(=O)c2cc(F)cc(F)c21. The average molecular weight is 282 g/mol. The number of carbonyl (C=O) groups is 2. The second kappa shape index (κ2) is 6.09. The summed E-state index contributed by atoms with van der Waals surface area (Å²) in [6.45, 7) is 3.81. The predicted molar refractivity (Wildman–Crippen MR) is 70.8 cm³/mol. The fourth-order valence-corrected chi connectivity index (χ4v) is 2.23. The van der Waals surface area contributed by atoms with Crippen molar-refractivity contribution in [1.29, 1.82) is 0 Å². The summed E-state index contributed by atoms with van der Waals surface area (Å²) in [4.78, 5) is 24.6. The highest BCUT2D eigenvalue weighted by molar-refractivity contribution is 6.52. The minimum absolute atomic E-state index is 0.100. The first kappa shape index (κ1) is 14.6. The predicted octanol–water partition coefficient (Wildman–Crippen LogP) is 1.88. The second-order valence-corrected chi connectivity index (χ2v) is 4.67. The molecule has 108 valence electrons. The van der Waals surface area contributed by atoms with Crippen molar-refractivity contribution >= 4 is 17.4 Å². The molecule has 4 nitrogen and oxygen atoms in total. The average Bonchev–Trinajstić information content (AvgIpc) is 2.64. The van der Waals surface area contributed by atoms with Gasteiger partial charge in [0.15, 0.2) is 5.82 Å². The Morgan fingerprint density at radius 2 is 1.95 bits per heavy atom. The number of halogens is 2. The first-order valence-corrected chi connectivity index (χ1v) is 6.62. The molecule has 0 aliphatic carbocycles. The summed E-state index contributed by atoms with van der Waals surface area (Å²) in [5.74, 6) is -3.37. The number of hydrogen-bond acceptors (Lipinski definition) is 3. The normalized spacial score (nSPS) is 14.1. The van der Waals surface area contributed by atoms with Gasteiger partial charge in [-0.1, -0.05) is 6.92 Å². The number of carbonyl (C=O) groups excluding carboxylic acids is 2. The van der Waals surface area contributed by atoms with E-state index >= 15 is 0 Å². The summed E-state index contributed by atoms with van der Waals surface area (Å²) in [7, 11) is 0. The monoisotopic (exact) mass is 282 g/mol. The Morgan fingerprint density at radius 3 is 2.65 bits per heavy atom. The summed E-state index contributed by atoms with van der Waals surface area (Å²) in [5, 5.41) is 3.16. The van der Waals surface area contributed by atoms with Crippen LogP contribution >= 0.6 is 0 Å². The van der Waals surface area contributed by atoms with E-state index in [2.05, 4.69) is 5.32 Å². The maximum atomic E-state index is 13.8. The highest BCUT2D eigenvalue weighted by Gasteiger charge is 2.38. The summed E-state index contributed by atoms with van der Waals surface area (Å²) in [6, 6.07) is 1.60. The van der Waals surface area contributed by atoms with E-state index in [1.807, 2.05) is 6.92 Å². The van der Waals surface area contributed by atoms with Gasteiger partial charge in [0.05, 0.1) is 11.3 Å². The molecule has 0 saturated heterocycles. The zero-order chi connectivity index (χ0) is 14.7. The highest BCUT2D eigenvalue weighted by Crippen LogP contribution is 2.32. The van der Waals surface area contributed by atoms with Crippen molar-refractivity contribution < 1.29 is 18.4 Å². The third kappa shape index (κ3) is 2.70. The van der Waals surface area contributed by atoms with Crippen molar-refractivity contribution in [3.8, 4) is 0 Å². The van der Waals surface area contributed by atoms with Crippen LogP contribution in [0.1, 0.15) is 30.1 Å². The van der Waals surface area contributed by atoms with Crippen molar-refractivity contribution in [2.24, 2.45) is 0 Å². The number of hydrogen-bond donors (Lipinski definition) is 1. The van der Waals surface area contributed by atoms with Crippen LogP contribution in [0.25, 0.3) is 0 Å². The molecular formula is C14H16F2N2O2. The third-order valence-corrected chi connectivity index (χ3v) is 3.14. The Balaban J connectivity index is 2.12. The van der Waals surface area contributed by atoms with Crippen molar-refractivity contribution in [3.05, 3.63) is 29.3 Å². The van der Waals surface area contributed by atoms with Crippen molar-refractivity contribution in [3.63, 3.8) is 0 Å². The van der Waals surface area contributed by atoms with E-state index in [1.165, 1.54) is 0 Å². The van der Waals surface area contributed by atoms with Gasteiger partial charge in [0.2, 0.25) is 0 Å². The van der Waals surface area contributed by atoms with E-state index in [4.69, 9.17) is 0 Å². The Kier molecular flexibility index (Phi) is 4.44. The van der Waals surface area contributed by atoms with Gasteiger partial charge in [0.25, 0.3) is 11.7 Å². The van der Waals surface area contributed by atoms with Gasteiger partial charge in [-0.05, 0) is 32.0 Å². The van der Waals surface area contributed by atoms with Gasteiger partial charge in [0.1, 0.15) is 5.82 Å². The molecule has 0 fully saturated rings. The molecule has 0 aromatic heterocycles. The van der Waals surface area contributed by atoms with E-state index in [-0.39, 0.29) is 17.8 Å². The number of rotatable bonds is 6. The maximum absolute atomic E-state index is 13.8. The number of nitrogens with zero attached hydrogens (tertiary/aromatic N) is 1. The molecule has 1 amide bonds. The lowest BCUT2D eigenvalue weighted by Gasteiger charge is -2.17. The van der Waals surface area contributed by atoms with Crippen LogP contribution in [0, 0.1) is 11.6 Å². The summed E-state index contributed by atoms with van der Waals surface area (Å²) in [6.07, 6.45) is 1.59. The van der Waals surface area contributed by atoms with Crippen LogP contribution in [-0.4, -0.2) is 31.3 Å². The van der Waals surface area contributed by atoms with E-state index in [0.29, 0.717) is 19.0 Å². The Hall–Kier alpha value is -1.82. The lowest BCUT2D eigenvalue weighted by Crippen LogP contribution is -2.32. The van der Waals surface area contributed by atoms with Crippen LogP contribution in [0.4, 0.5) is 14.5 Å². The standard InChI is InChI=1S/C14H16F2N2O2/c1-2-4-17-5-3-6-18-12-10(13(19)14(18)20)7-9(15)8-11(12)16/h7-8,17H,2-6H2,1H3. The van der Waals surface area contributed by atoms with Crippen LogP contribution in [0.3, 0.4) is 0 Å². The lowest BCUT2D eigenvalue weighted by atomic mass is 10.1. The van der Waals surface area contributed by atoms with Crippen LogP contribution in [0.15, 0.2) is 12.1 Å². The van der Waals surface area contributed by atoms with Crippen LogP contribution in [-0.2, 0) is 4.79 Å². The van der Waals surface area contributed by atoms with Crippen molar-refractivity contribution in [2.75, 3.05) is 24.5 Å². The quantitative estimate of drug-likeness (QED) is 0.640. The Bertz CT molecular complexity index is 546. The van der Waals surface area contributed by atoms with E-state index < -0.39 is 23.3 Å². The smallest absolute Gasteiger partial charge is 0.299 e. The fourth-order valence-electron chi connectivity index (χ4n) is 2.23. The third-order valence-electron chi connectivity index (χ3n) is 3.14. The molecule has 1 heterocycles. The van der Waals surface area contributed by atoms with Gasteiger partial charge < -0.3 is 10.2 Å². The molecule has 1 aliphatic heterocycles. The topological polar surface area (TPSA) is 49.4 Å². The number of Topliss-reactive ketones (excluding diaryl/α,β-unsaturated/α-hetero) is 1. The van der Waals surface area contributed by atoms with Crippen LogP contribution in [0.5, 0.6) is 0 Å². The number of anilines is 1. The molecule has 1 aromatic rings. The number of benzene rings is 1. The molecule has 1 aromatic carbocycles. The zero-order valence-electron chi connectivity index (χ0n) is 11.2. The molecule has 6 heteroatoms. The lowest BCUT2D eigenvalue weighted by molar-refractivity contribution is -0.114. The molecule has 20 heavy (non-hydrogen) atoms. The van der Waals surface area contributed by atoms with Crippen LogP contribution in [0.2, 0.25) is 0 Å². The summed E-state index contributed by atoms with van der Waals surface area (Å²) < 4.78 is 26.9. The van der Waals surface area contributed by atoms with Gasteiger partial charge in [-0.15, -0.1) is 0 Å². The minimum Gasteiger partial charge on any atom is -0.317 e. The van der Waals surface area contributed by atoms with Crippen molar-refractivity contribution in [2.45, 2.75) is 19.8 Å². The largest absolute Gasteiger partial charge is 0.317 e. The fraction of sp³-hybridized carbons (Fsp3) is 0.429. The number of nitrogens with one attached hydrogen (secondary N) is 1. The minimum atomic E-state index is -0.874. The van der Waals surface area contributed by atoms with Crippen LogP contribution < -0.4 is 10.2 Å². The zero-order valence-corrected chi connectivity index (χ0v) is 11.2. The van der Waals surface area contributed by atoms with Gasteiger partial charge in [-0.25, -0.2) is 8.78 Å². The molecular weight excluding hydrogens is 266 g/mol. The number of fused-ring (bicyclic) bond motifs is 1. The van der Waals surface area contributed by atoms with Gasteiger partial charge >= 0.3 is 0 Å². The van der Waals surface area contributed by atoms with Gasteiger partial charge in [0, 0.05) is 12.6 Å². The first-order chi connectivity index (χ1) is 9.56. The molecule has 0 radical (unpaired) electrons. The Labute approximate surface area is 115 Å².